The molecular formula is C15H23NO4S. The predicted octanol–water partition coefficient (Wildman–Crippen LogP) is 1.76. The molecule has 21 heavy (non-hydrogen) atoms. The summed E-state index contributed by atoms with van der Waals surface area (Å²) in [5, 5.41) is 3.42. The van der Waals surface area contributed by atoms with Gasteiger partial charge >= 0.3 is 0 Å². The third-order valence-corrected chi connectivity index (χ3v) is 5.39. The van der Waals surface area contributed by atoms with Crippen molar-refractivity contribution < 1.29 is 17.9 Å². The topological polar surface area (TPSA) is 64.6 Å². The lowest BCUT2D eigenvalue weighted by atomic mass is 10.1. The third-order valence-electron chi connectivity index (χ3n) is 3.68. The summed E-state index contributed by atoms with van der Waals surface area (Å²) >= 11 is 0. The summed E-state index contributed by atoms with van der Waals surface area (Å²) < 4.78 is 33.6. The Kier molecular flexibility index (Phi) is 5.47. The zero-order valence-electron chi connectivity index (χ0n) is 12.6. The van der Waals surface area contributed by atoms with Crippen LogP contribution in [0, 0.1) is 0 Å². The molecule has 5 nitrogen and oxygen atoms in total. The minimum absolute atomic E-state index is 0.270. The van der Waals surface area contributed by atoms with E-state index in [1.807, 2.05) is 25.1 Å². The van der Waals surface area contributed by atoms with Crippen LogP contribution in [0.4, 0.5) is 0 Å². The molecule has 1 N–H and O–H groups in total. The monoisotopic (exact) mass is 313 g/mol. The zero-order valence-corrected chi connectivity index (χ0v) is 13.4. The Morgan fingerprint density at radius 2 is 1.95 bits per heavy atom. The molecule has 0 bridgehead atoms. The molecule has 0 atom stereocenters. The first-order valence-corrected chi connectivity index (χ1v) is 9.09. The molecule has 1 aliphatic heterocycles. The molecule has 1 aliphatic rings. The summed E-state index contributed by atoms with van der Waals surface area (Å²) in [6.07, 6.45) is 1.38. The largest absolute Gasteiger partial charge is 0.493 e. The first-order chi connectivity index (χ1) is 10.0. The molecule has 0 saturated carbocycles. The maximum absolute atomic E-state index is 11.4. The van der Waals surface area contributed by atoms with Crippen molar-refractivity contribution in [1.82, 2.24) is 5.32 Å². The van der Waals surface area contributed by atoms with Gasteiger partial charge in [-0.15, -0.1) is 0 Å². The molecule has 0 amide bonds. The van der Waals surface area contributed by atoms with Gasteiger partial charge in [-0.1, -0.05) is 6.07 Å². The van der Waals surface area contributed by atoms with Crippen LogP contribution in [0.3, 0.4) is 0 Å². The van der Waals surface area contributed by atoms with E-state index in [2.05, 4.69) is 5.32 Å². The molecule has 0 aliphatic carbocycles. The minimum atomic E-state index is -2.80. The van der Waals surface area contributed by atoms with Crippen molar-refractivity contribution in [2.24, 2.45) is 0 Å². The second kappa shape index (κ2) is 7.13. The number of hydrogen-bond acceptors (Lipinski definition) is 5. The van der Waals surface area contributed by atoms with Gasteiger partial charge in [-0.05, 0) is 37.5 Å². The molecule has 6 heteroatoms. The molecule has 0 unspecified atom stereocenters. The van der Waals surface area contributed by atoms with E-state index in [0.29, 0.717) is 26.0 Å². The average Bonchev–Trinajstić information content (AvgIpc) is 2.47. The van der Waals surface area contributed by atoms with Crippen molar-refractivity contribution in [2.75, 3.05) is 25.2 Å². The van der Waals surface area contributed by atoms with E-state index >= 15 is 0 Å². The van der Waals surface area contributed by atoms with Crippen molar-refractivity contribution in [3.8, 4) is 11.5 Å². The molecule has 2 rings (SSSR count). The molecule has 1 heterocycles. The molecule has 0 aromatic heterocycles. The number of ether oxygens (including phenoxy) is 2. The molecular weight excluding hydrogens is 290 g/mol. The molecule has 0 spiro atoms. The highest BCUT2D eigenvalue weighted by molar-refractivity contribution is 7.91. The van der Waals surface area contributed by atoms with Crippen LogP contribution >= 0.6 is 0 Å². The van der Waals surface area contributed by atoms with E-state index in [9.17, 15) is 8.42 Å². The lowest BCUT2D eigenvalue weighted by Gasteiger charge is -2.23. The Bertz CT molecular complexity index is 557. The van der Waals surface area contributed by atoms with E-state index < -0.39 is 9.84 Å². The Morgan fingerprint density at radius 3 is 2.57 bits per heavy atom. The average molecular weight is 313 g/mol. The normalized spacial score (nSPS) is 18.4. The fourth-order valence-corrected chi connectivity index (χ4v) is 3.95. The van der Waals surface area contributed by atoms with Gasteiger partial charge in [0.2, 0.25) is 0 Å². The Balaban J connectivity index is 1.93. The second-order valence-corrected chi connectivity index (χ2v) is 7.53. The van der Waals surface area contributed by atoms with Crippen LogP contribution in [0.1, 0.15) is 25.3 Å². The molecule has 118 valence electrons. The van der Waals surface area contributed by atoms with E-state index in [1.165, 1.54) is 0 Å². The van der Waals surface area contributed by atoms with Crippen molar-refractivity contribution in [1.29, 1.82) is 0 Å². The number of methoxy groups -OCH3 is 1. The second-order valence-electron chi connectivity index (χ2n) is 5.23. The minimum Gasteiger partial charge on any atom is -0.493 e. The summed E-state index contributed by atoms with van der Waals surface area (Å²) in [6.45, 7) is 3.23. The van der Waals surface area contributed by atoms with Gasteiger partial charge in [-0.3, -0.25) is 0 Å². The van der Waals surface area contributed by atoms with Crippen LogP contribution in [0.5, 0.6) is 11.5 Å². The van der Waals surface area contributed by atoms with Crippen LogP contribution < -0.4 is 14.8 Å². The van der Waals surface area contributed by atoms with Crippen LogP contribution in [-0.4, -0.2) is 39.7 Å². The van der Waals surface area contributed by atoms with Crippen LogP contribution in [0.25, 0.3) is 0 Å². The quantitative estimate of drug-likeness (QED) is 0.867. The smallest absolute Gasteiger partial charge is 0.161 e. The number of rotatable bonds is 6. The van der Waals surface area contributed by atoms with Crippen LogP contribution in [-0.2, 0) is 16.4 Å². The van der Waals surface area contributed by atoms with Crippen molar-refractivity contribution in [2.45, 2.75) is 32.4 Å². The Hall–Kier alpha value is -1.27. The van der Waals surface area contributed by atoms with Crippen LogP contribution in [0.15, 0.2) is 18.2 Å². The van der Waals surface area contributed by atoms with Gasteiger partial charge in [-0.25, -0.2) is 8.42 Å². The summed E-state index contributed by atoms with van der Waals surface area (Å²) in [5.74, 6) is 2.05. The number of hydrogen-bond donors (Lipinski definition) is 1. The Morgan fingerprint density at radius 1 is 1.24 bits per heavy atom. The fourth-order valence-electron chi connectivity index (χ4n) is 2.46. The summed E-state index contributed by atoms with van der Waals surface area (Å²) in [5.41, 5.74) is 1.10. The van der Waals surface area contributed by atoms with Gasteiger partial charge < -0.3 is 14.8 Å². The van der Waals surface area contributed by atoms with Gasteiger partial charge in [0.1, 0.15) is 9.84 Å². The zero-order chi connectivity index (χ0) is 15.3. The predicted molar refractivity (Wildman–Crippen MR) is 82.7 cm³/mol. The van der Waals surface area contributed by atoms with E-state index in [-0.39, 0.29) is 17.5 Å². The van der Waals surface area contributed by atoms with Gasteiger partial charge in [0.25, 0.3) is 0 Å². The molecule has 1 aromatic rings. The van der Waals surface area contributed by atoms with Crippen molar-refractivity contribution >= 4 is 9.84 Å². The van der Waals surface area contributed by atoms with Crippen LogP contribution in [0.2, 0.25) is 0 Å². The third kappa shape index (κ3) is 4.61. The van der Waals surface area contributed by atoms with Crippen molar-refractivity contribution in [3.63, 3.8) is 0 Å². The lowest BCUT2D eigenvalue weighted by Crippen LogP contribution is -2.37. The molecule has 1 fully saturated rings. The molecule has 0 radical (unpaired) electrons. The molecule has 1 saturated heterocycles. The van der Waals surface area contributed by atoms with E-state index in [0.717, 1.165) is 17.1 Å². The van der Waals surface area contributed by atoms with E-state index in [4.69, 9.17) is 9.47 Å². The van der Waals surface area contributed by atoms with Gasteiger partial charge in [0, 0.05) is 12.6 Å². The fraction of sp³-hybridized carbons (Fsp3) is 0.600. The van der Waals surface area contributed by atoms with Gasteiger partial charge in [-0.2, -0.15) is 0 Å². The first-order valence-electron chi connectivity index (χ1n) is 7.27. The SMILES string of the molecule is CCOc1cc(CNC2CCS(=O)(=O)CC2)ccc1OC. The maximum atomic E-state index is 11.4. The summed E-state index contributed by atoms with van der Waals surface area (Å²) in [6, 6.07) is 6.13. The number of sulfone groups is 1. The lowest BCUT2D eigenvalue weighted by molar-refractivity contribution is 0.310. The molecule has 1 aromatic carbocycles. The highest BCUT2D eigenvalue weighted by atomic mass is 32.2. The van der Waals surface area contributed by atoms with E-state index in [1.54, 1.807) is 7.11 Å². The highest BCUT2D eigenvalue weighted by Gasteiger charge is 2.23. The summed E-state index contributed by atoms with van der Waals surface area (Å²) in [7, 11) is -1.17. The van der Waals surface area contributed by atoms with Gasteiger partial charge in [0.15, 0.2) is 11.5 Å². The number of benzene rings is 1. The summed E-state index contributed by atoms with van der Waals surface area (Å²) in [4.78, 5) is 0. The number of nitrogens with one attached hydrogen (secondary N) is 1. The maximum Gasteiger partial charge on any atom is 0.161 e. The Labute approximate surface area is 126 Å². The van der Waals surface area contributed by atoms with Gasteiger partial charge in [0.05, 0.1) is 25.2 Å². The highest BCUT2D eigenvalue weighted by Crippen LogP contribution is 2.28. The first kappa shape index (κ1) is 16.1. The standard InChI is InChI=1S/C15H23NO4S/c1-3-20-15-10-12(4-5-14(15)19-2)11-16-13-6-8-21(17,18)9-7-13/h4-5,10,13,16H,3,6-9,11H2,1-2H3. The van der Waals surface area contributed by atoms with Crippen molar-refractivity contribution in [3.05, 3.63) is 23.8 Å².